The Balaban J connectivity index is 1.57. The molecule has 0 heterocycles. The highest BCUT2D eigenvalue weighted by molar-refractivity contribution is 5.83. The van der Waals surface area contributed by atoms with Crippen molar-refractivity contribution in [1.82, 2.24) is 0 Å². The van der Waals surface area contributed by atoms with Gasteiger partial charge in [-0.05, 0) is 73.0 Å². The Bertz CT molecular complexity index is 695. The van der Waals surface area contributed by atoms with Gasteiger partial charge in [-0.1, -0.05) is 76.7 Å². The van der Waals surface area contributed by atoms with Crippen LogP contribution in [0, 0.1) is 34.5 Å². The third-order valence-corrected chi connectivity index (χ3v) is 9.48. The van der Waals surface area contributed by atoms with E-state index in [0.29, 0.717) is 11.2 Å². The SMILES string of the molecule is CC(C)CCC[C@@H](C)[C@H]1CCC2=C3CC=C4CC(=O)CC[C@]4(C)[C@H]3CC[C@@]21C. The highest BCUT2D eigenvalue weighted by Gasteiger charge is 2.53. The van der Waals surface area contributed by atoms with Crippen molar-refractivity contribution >= 4 is 5.78 Å². The van der Waals surface area contributed by atoms with E-state index in [-0.39, 0.29) is 5.41 Å². The molecule has 5 atom stereocenters. The average Bonchev–Trinajstić information content (AvgIpc) is 2.99. The predicted molar refractivity (Wildman–Crippen MR) is 118 cm³/mol. The molecule has 1 nitrogen and oxygen atoms in total. The van der Waals surface area contributed by atoms with Gasteiger partial charge in [0.1, 0.15) is 5.78 Å². The van der Waals surface area contributed by atoms with Crippen molar-refractivity contribution in [1.29, 1.82) is 0 Å². The summed E-state index contributed by atoms with van der Waals surface area (Å²) in [6.07, 6.45) is 15.9. The summed E-state index contributed by atoms with van der Waals surface area (Å²) in [6.45, 7) is 12.4. The first kappa shape index (κ1) is 20.4. The van der Waals surface area contributed by atoms with Crippen LogP contribution in [0.2, 0.25) is 0 Å². The summed E-state index contributed by atoms with van der Waals surface area (Å²) in [5.41, 5.74) is 5.88. The van der Waals surface area contributed by atoms with Crippen LogP contribution in [0.1, 0.15) is 105 Å². The first-order valence-corrected chi connectivity index (χ1v) is 12.2. The van der Waals surface area contributed by atoms with Crippen LogP contribution in [-0.4, -0.2) is 5.78 Å². The second kappa shape index (κ2) is 7.44. The molecule has 4 aliphatic carbocycles. The van der Waals surface area contributed by atoms with Crippen LogP contribution < -0.4 is 0 Å². The number of ketones is 1. The quantitative estimate of drug-likeness (QED) is 0.446. The number of hydrogen-bond donors (Lipinski definition) is 0. The van der Waals surface area contributed by atoms with E-state index in [1.54, 1.807) is 0 Å². The summed E-state index contributed by atoms with van der Waals surface area (Å²) >= 11 is 0. The molecule has 0 bridgehead atoms. The van der Waals surface area contributed by atoms with Crippen LogP contribution in [0.25, 0.3) is 0 Å². The van der Waals surface area contributed by atoms with E-state index in [1.165, 1.54) is 50.5 Å². The van der Waals surface area contributed by atoms with Gasteiger partial charge in [-0.25, -0.2) is 0 Å². The maximum absolute atomic E-state index is 12.0. The van der Waals surface area contributed by atoms with E-state index in [4.69, 9.17) is 0 Å². The minimum Gasteiger partial charge on any atom is -0.299 e. The summed E-state index contributed by atoms with van der Waals surface area (Å²) < 4.78 is 0. The van der Waals surface area contributed by atoms with Gasteiger partial charge in [-0.3, -0.25) is 4.79 Å². The lowest BCUT2D eigenvalue weighted by molar-refractivity contribution is -0.120. The Morgan fingerprint density at radius 3 is 2.57 bits per heavy atom. The molecule has 28 heavy (non-hydrogen) atoms. The molecular weight excluding hydrogens is 340 g/mol. The number of rotatable bonds is 5. The van der Waals surface area contributed by atoms with Crippen molar-refractivity contribution in [3.05, 3.63) is 22.8 Å². The largest absolute Gasteiger partial charge is 0.299 e. The minimum absolute atomic E-state index is 0.275. The van der Waals surface area contributed by atoms with Gasteiger partial charge >= 0.3 is 0 Å². The van der Waals surface area contributed by atoms with Crippen molar-refractivity contribution in [2.24, 2.45) is 34.5 Å². The number of allylic oxidation sites excluding steroid dienone is 4. The molecule has 0 aromatic rings. The zero-order valence-corrected chi connectivity index (χ0v) is 19.1. The Morgan fingerprint density at radius 1 is 1.04 bits per heavy atom. The van der Waals surface area contributed by atoms with E-state index in [1.807, 2.05) is 11.1 Å². The molecule has 2 saturated carbocycles. The Hall–Kier alpha value is -0.850. The summed E-state index contributed by atoms with van der Waals surface area (Å²) in [6, 6.07) is 0. The summed E-state index contributed by atoms with van der Waals surface area (Å²) in [5.74, 6) is 3.77. The molecule has 0 saturated heterocycles. The van der Waals surface area contributed by atoms with Crippen LogP contribution in [0.5, 0.6) is 0 Å². The van der Waals surface area contributed by atoms with E-state index >= 15 is 0 Å². The first-order valence-electron chi connectivity index (χ1n) is 12.2. The monoisotopic (exact) mass is 382 g/mol. The van der Waals surface area contributed by atoms with Crippen molar-refractivity contribution < 1.29 is 4.79 Å². The average molecular weight is 383 g/mol. The van der Waals surface area contributed by atoms with E-state index in [2.05, 4.69) is 40.7 Å². The Kier molecular flexibility index (Phi) is 5.43. The number of carbonyl (C=O) groups is 1. The molecule has 0 aromatic heterocycles. The zero-order chi connectivity index (χ0) is 20.1. The van der Waals surface area contributed by atoms with Crippen molar-refractivity contribution in [3.8, 4) is 0 Å². The molecule has 4 rings (SSSR count). The van der Waals surface area contributed by atoms with E-state index in [9.17, 15) is 4.79 Å². The Morgan fingerprint density at radius 2 is 1.82 bits per heavy atom. The highest BCUT2D eigenvalue weighted by atomic mass is 16.1. The molecular formula is C27H42O. The molecule has 0 aliphatic heterocycles. The summed E-state index contributed by atoms with van der Waals surface area (Å²) in [5, 5.41) is 0. The van der Waals surface area contributed by atoms with Crippen LogP contribution >= 0.6 is 0 Å². The molecule has 0 unspecified atom stereocenters. The van der Waals surface area contributed by atoms with Crippen molar-refractivity contribution in [2.75, 3.05) is 0 Å². The van der Waals surface area contributed by atoms with Gasteiger partial charge in [0, 0.05) is 12.8 Å². The lowest BCUT2D eigenvalue weighted by Crippen LogP contribution is -2.43. The fraction of sp³-hybridized carbons (Fsp3) is 0.815. The van der Waals surface area contributed by atoms with E-state index < -0.39 is 0 Å². The predicted octanol–water partition coefficient (Wildman–Crippen LogP) is 7.66. The molecule has 0 spiro atoms. The molecule has 4 aliphatic rings. The van der Waals surface area contributed by atoms with Gasteiger partial charge < -0.3 is 0 Å². The standard InChI is InChI=1S/C27H42O/c1-18(2)7-6-8-19(3)23-11-12-24-22-10-9-20-17-21(28)13-15-26(20,4)25(22)14-16-27(23,24)5/h9,18-19,23,25H,6-8,10-17H2,1-5H3/t19-,23-,25+,26+,27-/m1/s1. The van der Waals surface area contributed by atoms with E-state index in [0.717, 1.165) is 49.4 Å². The normalized spacial score (nSPS) is 38.8. The van der Waals surface area contributed by atoms with Gasteiger partial charge in [0.05, 0.1) is 0 Å². The van der Waals surface area contributed by atoms with Gasteiger partial charge in [0.25, 0.3) is 0 Å². The summed E-state index contributed by atoms with van der Waals surface area (Å²) in [4.78, 5) is 12.0. The minimum atomic E-state index is 0.275. The number of hydrogen-bond acceptors (Lipinski definition) is 1. The third kappa shape index (κ3) is 3.25. The molecule has 0 N–H and O–H groups in total. The second-order valence-electron chi connectivity index (χ2n) is 11.5. The van der Waals surface area contributed by atoms with Crippen LogP contribution in [0.4, 0.5) is 0 Å². The lowest BCUT2D eigenvalue weighted by atomic mass is 9.52. The maximum Gasteiger partial charge on any atom is 0.136 e. The molecule has 0 amide bonds. The zero-order valence-electron chi connectivity index (χ0n) is 19.1. The smallest absolute Gasteiger partial charge is 0.136 e. The van der Waals surface area contributed by atoms with Gasteiger partial charge in [0.15, 0.2) is 0 Å². The van der Waals surface area contributed by atoms with Gasteiger partial charge in [-0.15, -0.1) is 0 Å². The van der Waals surface area contributed by atoms with Crippen LogP contribution in [0.3, 0.4) is 0 Å². The fourth-order valence-electron chi connectivity index (χ4n) is 7.75. The Labute approximate surface area is 173 Å². The molecule has 156 valence electrons. The molecule has 1 heteroatoms. The van der Waals surface area contributed by atoms with Crippen molar-refractivity contribution in [3.63, 3.8) is 0 Å². The van der Waals surface area contributed by atoms with Crippen LogP contribution in [0.15, 0.2) is 22.8 Å². The maximum atomic E-state index is 12.0. The third-order valence-electron chi connectivity index (χ3n) is 9.48. The lowest BCUT2D eigenvalue weighted by Gasteiger charge is -2.52. The number of Topliss-reactive ketones (excluding diaryl/α,β-unsaturated/α-hetero) is 1. The molecule has 0 aromatic carbocycles. The van der Waals surface area contributed by atoms with Gasteiger partial charge in [0.2, 0.25) is 0 Å². The second-order valence-corrected chi connectivity index (χ2v) is 11.5. The summed E-state index contributed by atoms with van der Waals surface area (Å²) in [7, 11) is 0. The van der Waals surface area contributed by atoms with Gasteiger partial charge in [-0.2, -0.15) is 0 Å². The van der Waals surface area contributed by atoms with Crippen LogP contribution in [-0.2, 0) is 4.79 Å². The highest BCUT2D eigenvalue weighted by Crippen LogP contribution is 2.64. The first-order chi connectivity index (χ1) is 13.3. The number of carbonyl (C=O) groups excluding carboxylic acids is 1. The topological polar surface area (TPSA) is 17.1 Å². The fourth-order valence-corrected chi connectivity index (χ4v) is 7.75. The molecule has 0 radical (unpaired) electrons. The number of fused-ring (bicyclic) bond motifs is 4. The molecule has 2 fully saturated rings. The van der Waals surface area contributed by atoms with Crippen molar-refractivity contribution in [2.45, 2.75) is 105 Å².